The van der Waals surface area contributed by atoms with E-state index < -0.39 is 0 Å². The summed E-state index contributed by atoms with van der Waals surface area (Å²) in [5.74, 6) is 0. The summed E-state index contributed by atoms with van der Waals surface area (Å²) in [6.07, 6.45) is 0. The summed E-state index contributed by atoms with van der Waals surface area (Å²) in [5.41, 5.74) is 23.9. The molecule has 0 bridgehead atoms. The minimum atomic E-state index is -0.141. The summed E-state index contributed by atoms with van der Waals surface area (Å²) < 4.78 is 0. The molecule has 56 heavy (non-hydrogen) atoms. The first-order valence-corrected chi connectivity index (χ1v) is 20.0. The van der Waals surface area contributed by atoms with Gasteiger partial charge in [0.25, 0.3) is 0 Å². The molecule has 0 unspecified atom stereocenters. The van der Waals surface area contributed by atoms with Crippen LogP contribution in [0.4, 0.5) is 0 Å². The Labute approximate surface area is 328 Å². The van der Waals surface area contributed by atoms with Crippen LogP contribution in [0.1, 0.15) is 49.9 Å². The maximum absolute atomic E-state index is 2.52. The van der Waals surface area contributed by atoms with Gasteiger partial charge in [-0.1, -0.05) is 155 Å². The molecule has 0 aromatic heterocycles. The molecule has 0 saturated heterocycles. The zero-order chi connectivity index (χ0) is 37.5. The van der Waals surface area contributed by atoms with Crippen LogP contribution in [-0.2, 0) is 10.8 Å². The Morgan fingerprint density at radius 1 is 0.286 bits per heavy atom. The second-order valence-electron chi connectivity index (χ2n) is 17.3. The first kappa shape index (κ1) is 31.8. The predicted molar refractivity (Wildman–Crippen MR) is 237 cm³/mol. The summed E-state index contributed by atoms with van der Waals surface area (Å²) in [4.78, 5) is 0. The standard InChI is InChI=1S/C56H40/c1-55(2)48-23-11-10-20-41(48)45-31-51-46(32-50(45)55)42-25-24-35(30-49(42)56(51,3)4)38-26-37(33-14-6-5-7-15-33)27-39(28-38)53-40-19-9-8-16-36(40)29-47-43-21-12-17-34-18-13-22-44(52(34)43)54(47)53/h5-32H,1-4H3. The van der Waals surface area contributed by atoms with Gasteiger partial charge in [-0.05, 0) is 164 Å². The molecule has 3 aliphatic rings. The highest BCUT2D eigenvalue weighted by molar-refractivity contribution is 6.22. The van der Waals surface area contributed by atoms with Crippen molar-refractivity contribution in [3.05, 3.63) is 192 Å². The maximum atomic E-state index is 2.52. The lowest BCUT2D eigenvalue weighted by Gasteiger charge is -2.24. The van der Waals surface area contributed by atoms with E-state index >= 15 is 0 Å². The van der Waals surface area contributed by atoms with Gasteiger partial charge >= 0.3 is 0 Å². The lowest BCUT2D eigenvalue weighted by Crippen LogP contribution is -2.17. The van der Waals surface area contributed by atoms with Crippen LogP contribution in [0, 0.1) is 0 Å². The van der Waals surface area contributed by atoms with Crippen LogP contribution in [-0.4, -0.2) is 0 Å². The zero-order valence-corrected chi connectivity index (χ0v) is 32.2. The lowest BCUT2D eigenvalue weighted by molar-refractivity contribution is 0.652. The van der Waals surface area contributed by atoms with E-state index in [-0.39, 0.29) is 10.8 Å². The van der Waals surface area contributed by atoms with Crippen LogP contribution in [0.5, 0.6) is 0 Å². The van der Waals surface area contributed by atoms with Crippen molar-refractivity contribution in [1.29, 1.82) is 0 Å². The maximum Gasteiger partial charge on any atom is 0.0159 e. The summed E-state index contributed by atoms with van der Waals surface area (Å²) in [6.45, 7) is 9.61. The van der Waals surface area contributed by atoms with Gasteiger partial charge in [0.05, 0.1) is 0 Å². The van der Waals surface area contributed by atoms with Crippen LogP contribution in [0.2, 0.25) is 0 Å². The molecule has 0 fully saturated rings. The average molecular weight is 713 g/mol. The first-order chi connectivity index (χ1) is 27.3. The fourth-order valence-electron chi connectivity index (χ4n) is 10.8. The molecule has 0 amide bonds. The highest BCUT2D eigenvalue weighted by atomic mass is 14.4. The third-order valence-electron chi connectivity index (χ3n) is 13.6. The third-order valence-corrected chi connectivity index (χ3v) is 13.6. The molecule has 12 rings (SSSR count). The van der Waals surface area contributed by atoms with Crippen molar-refractivity contribution in [2.45, 2.75) is 38.5 Å². The van der Waals surface area contributed by atoms with E-state index in [2.05, 4.69) is 198 Å². The molecule has 264 valence electrons. The fraction of sp³-hybridized carbons (Fsp3) is 0.107. The molecule has 9 aromatic rings. The number of fused-ring (bicyclic) bond motifs is 10. The van der Waals surface area contributed by atoms with E-state index in [1.807, 2.05) is 0 Å². The Hall–Kier alpha value is -6.50. The second-order valence-corrected chi connectivity index (χ2v) is 17.3. The monoisotopic (exact) mass is 712 g/mol. The Bertz CT molecular complexity index is 3170. The third kappa shape index (κ3) is 4.19. The van der Waals surface area contributed by atoms with Gasteiger partial charge in [0.15, 0.2) is 0 Å². The van der Waals surface area contributed by atoms with E-state index in [0.717, 1.165) is 0 Å². The molecule has 9 aromatic carbocycles. The quantitative estimate of drug-likeness (QED) is 0.171. The van der Waals surface area contributed by atoms with E-state index in [1.54, 1.807) is 0 Å². The second kappa shape index (κ2) is 11.1. The number of hydrogen-bond donors (Lipinski definition) is 0. The van der Waals surface area contributed by atoms with Crippen molar-refractivity contribution in [3.63, 3.8) is 0 Å². The SMILES string of the molecule is CC1(C)c2ccccc2-c2cc3c(cc21)-c1ccc(-c2cc(-c4ccccc4)cc(-c4c5c(cc6ccccc46)-c4cccc6cccc-5c46)c2)cc1C3(C)C. The van der Waals surface area contributed by atoms with E-state index in [1.165, 1.54) is 122 Å². The van der Waals surface area contributed by atoms with Gasteiger partial charge in [-0.3, -0.25) is 0 Å². The van der Waals surface area contributed by atoms with Crippen molar-refractivity contribution in [3.8, 4) is 77.9 Å². The normalized spacial score (nSPS) is 14.7. The highest BCUT2D eigenvalue weighted by Gasteiger charge is 2.41. The van der Waals surface area contributed by atoms with Crippen molar-refractivity contribution in [2.75, 3.05) is 0 Å². The van der Waals surface area contributed by atoms with Gasteiger partial charge in [-0.2, -0.15) is 0 Å². The van der Waals surface area contributed by atoms with E-state index in [0.29, 0.717) is 0 Å². The van der Waals surface area contributed by atoms with Gasteiger partial charge < -0.3 is 0 Å². The van der Waals surface area contributed by atoms with Crippen LogP contribution >= 0.6 is 0 Å². The van der Waals surface area contributed by atoms with Gasteiger partial charge in [-0.25, -0.2) is 0 Å². The molecular weight excluding hydrogens is 673 g/mol. The van der Waals surface area contributed by atoms with Crippen molar-refractivity contribution in [2.24, 2.45) is 0 Å². The fourth-order valence-corrected chi connectivity index (χ4v) is 10.8. The smallest absolute Gasteiger partial charge is 0.0159 e. The Balaban J connectivity index is 1.08. The van der Waals surface area contributed by atoms with Crippen LogP contribution in [0.15, 0.2) is 170 Å². The Kier molecular flexibility index (Phi) is 6.28. The number of benzene rings is 9. The van der Waals surface area contributed by atoms with Crippen molar-refractivity contribution in [1.82, 2.24) is 0 Å². The lowest BCUT2D eigenvalue weighted by atomic mass is 9.79. The number of rotatable bonds is 3. The van der Waals surface area contributed by atoms with Crippen molar-refractivity contribution < 1.29 is 0 Å². The van der Waals surface area contributed by atoms with Crippen LogP contribution in [0.3, 0.4) is 0 Å². The molecule has 0 radical (unpaired) electrons. The molecule has 0 aliphatic heterocycles. The summed E-state index contributed by atoms with van der Waals surface area (Å²) in [6, 6.07) is 64.5. The summed E-state index contributed by atoms with van der Waals surface area (Å²) in [5, 5.41) is 5.21. The van der Waals surface area contributed by atoms with Gasteiger partial charge in [0.2, 0.25) is 0 Å². The predicted octanol–water partition coefficient (Wildman–Crippen LogP) is 15.3. The van der Waals surface area contributed by atoms with Gasteiger partial charge in [0.1, 0.15) is 0 Å². The molecule has 3 aliphatic carbocycles. The molecule has 0 nitrogen and oxygen atoms in total. The molecule has 0 heterocycles. The molecule has 0 spiro atoms. The minimum Gasteiger partial charge on any atom is -0.0622 e. The molecule has 0 saturated carbocycles. The van der Waals surface area contributed by atoms with Gasteiger partial charge in [-0.15, -0.1) is 0 Å². The Morgan fingerprint density at radius 2 is 0.857 bits per heavy atom. The highest BCUT2D eigenvalue weighted by Crippen LogP contribution is 2.57. The summed E-state index contributed by atoms with van der Waals surface area (Å²) in [7, 11) is 0. The minimum absolute atomic E-state index is 0.0310. The molecule has 0 atom stereocenters. The van der Waals surface area contributed by atoms with Crippen LogP contribution in [0.25, 0.3) is 99.4 Å². The van der Waals surface area contributed by atoms with E-state index in [4.69, 9.17) is 0 Å². The van der Waals surface area contributed by atoms with E-state index in [9.17, 15) is 0 Å². The van der Waals surface area contributed by atoms with Gasteiger partial charge in [0, 0.05) is 10.8 Å². The Morgan fingerprint density at radius 3 is 1.64 bits per heavy atom. The van der Waals surface area contributed by atoms with Crippen LogP contribution < -0.4 is 0 Å². The number of hydrogen-bond acceptors (Lipinski definition) is 0. The topological polar surface area (TPSA) is 0 Å². The molecule has 0 N–H and O–H groups in total. The zero-order valence-electron chi connectivity index (χ0n) is 32.2. The molecular formula is C56H40. The first-order valence-electron chi connectivity index (χ1n) is 20.0. The largest absolute Gasteiger partial charge is 0.0622 e. The van der Waals surface area contributed by atoms with Crippen molar-refractivity contribution >= 4 is 21.5 Å². The summed E-state index contributed by atoms with van der Waals surface area (Å²) >= 11 is 0. The molecule has 0 heteroatoms. The average Bonchev–Trinajstić information content (AvgIpc) is 3.76.